The summed E-state index contributed by atoms with van der Waals surface area (Å²) in [7, 11) is 0. The Morgan fingerprint density at radius 2 is 2.00 bits per heavy atom. The van der Waals surface area contributed by atoms with Crippen LogP contribution in [0.5, 0.6) is 0 Å². The smallest absolute Gasteiger partial charge is 0.257 e. The number of rotatable bonds is 3. The maximum atomic E-state index is 13.1. The summed E-state index contributed by atoms with van der Waals surface area (Å²) >= 11 is 8.91. The predicted molar refractivity (Wildman–Crippen MR) is 81.3 cm³/mol. The van der Waals surface area contributed by atoms with Gasteiger partial charge in [-0.3, -0.25) is 10.6 Å². The number of nitrogens with one attached hydrogen (secondary N) is 2. The number of benzene rings is 2. The molecule has 7 heteroatoms. The quantitative estimate of drug-likeness (QED) is 0.578. The van der Waals surface area contributed by atoms with Crippen LogP contribution in [0.25, 0.3) is 0 Å². The van der Waals surface area contributed by atoms with Crippen molar-refractivity contribution in [2.75, 3.05) is 10.7 Å². The molecule has 0 aliphatic carbocycles. The Morgan fingerprint density at radius 3 is 2.65 bits per heavy atom. The van der Waals surface area contributed by atoms with E-state index in [4.69, 9.17) is 17.4 Å². The minimum Gasteiger partial charge on any atom is -0.323 e. The van der Waals surface area contributed by atoms with Gasteiger partial charge < -0.3 is 10.7 Å². The lowest BCUT2D eigenvalue weighted by Crippen LogP contribution is -2.17. The maximum absolute atomic E-state index is 13.1. The van der Waals surface area contributed by atoms with Gasteiger partial charge in [0.15, 0.2) is 0 Å². The molecule has 0 saturated carbocycles. The van der Waals surface area contributed by atoms with Gasteiger partial charge in [0, 0.05) is 10.7 Å². The zero-order valence-corrected chi connectivity index (χ0v) is 12.4. The molecule has 0 aliphatic heterocycles. The Morgan fingerprint density at radius 1 is 1.25 bits per heavy atom. The van der Waals surface area contributed by atoms with Crippen LogP contribution in [0.2, 0.25) is 5.02 Å². The van der Waals surface area contributed by atoms with Crippen LogP contribution < -0.4 is 16.6 Å². The fourth-order valence-electron chi connectivity index (χ4n) is 1.60. The molecule has 4 N–H and O–H groups in total. The lowest BCUT2D eigenvalue weighted by atomic mass is 10.1. The molecule has 0 aromatic heterocycles. The molecule has 0 aliphatic rings. The van der Waals surface area contributed by atoms with Gasteiger partial charge in [0.1, 0.15) is 5.82 Å². The number of carbonyl (C=O) groups excluding carboxylic acids is 1. The Bertz CT molecular complexity index is 666. The summed E-state index contributed by atoms with van der Waals surface area (Å²) in [5.41, 5.74) is 3.60. The standard InChI is InChI=1S/C13H10BrClFN3O/c14-10-6-8(2-3-11(10)16)18-13(20)9-5-7(15)1-4-12(9)19-17/h1-6,19H,17H2,(H,18,20). The zero-order valence-electron chi connectivity index (χ0n) is 10.1. The number of nitrogen functional groups attached to an aromatic ring is 1. The largest absolute Gasteiger partial charge is 0.323 e. The Kier molecular flexibility index (Phi) is 4.59. The van der Waals surface area contributed by atoms with Crippen LogP contribution in [0.4, 0.5) is 15.8 Å². The number of hydrogen-bond donors (Lipinski definition) is 3. The van der Waals surface area contributed by atoms with Gasteiger partial charge in [0.05, 0.1) is 15.7 Å². The van der Waals surface area contributed by atoms with Crippen LogP contribution in [-0.2, 0) is 0 Å². The van der Waals surface area contributed by atoms with E-state index in [1.807, 2.05) is 0 Å². The van der Waals surface area contributed by atoms with E-state index in [1.165, 1.54) is 24.3 Å². The number of hydrazine groups is 1. The lowest BCUT2D eigenvalue weighted by molar-refractivity contribution is 0.102. The molecule has 1 amide bonds. The number of halogens is 3. The van der Waals surface area contributed by atoms with Crippen molar-refractivity contribution in [3.8, 4) is 0 Å². The van der Waals surface area contributed by atoms with Gasteiger partial charge in [-0.15, -0.1) is 0 Å². The summed E-state index contributed by atoms with van der Waals surface area (Å²) in [6.07, 6.45) is 0. The molecular weight excluding hydrogens is 349 g/mol. The first-order valence-electron chi connectivity index (χ1n) is 5.54. The SMILES string of the molecule is NNc1ccc(Cl)cc1C(=O)Nc1ccc(F)c(Br)c1. The molecule has 0 saturated heterocycles. The molecular formula is C13H10BrClFN3O. The second-order valence-corrected chi connectivity index (χ2v) is 5.21. The maximum Gasteiger partial charge on any atom is 0.257 e. The number of carbonyl (C=O) groups is 1. The third-order valence-corrected chi connectivity index (χ3v) is 3.40. The number of anilines is 2. The summed E-state index contributed by atoms with van der Waals surface area (Å²) in [5.74, 6) is 4.53. The second kappa shape index (κ2) is 6.21. The van der Waals surface area contributed by atoms with Crippen molar-refractivity contribution in [2.45, 2.75) is 0 Å². The van der Waals surface area contributed by atoms with E-state index < -0.39 is 11.7 Å². The average molecular weight is 359 g/mol. The van der Waals surface area contributed by atoms with Crippen LogP contribution in [0, 0.1) is 5.82 Å². The fraction of sp³-hybridized carbons (Fsp3) is 0. The van der Waals surface area contributed by atoms with Crippen LogP contribution in [0.1, 0.15) is 10.4 Å². The van der Waals surface area contributed by atoms with Gasteiger partial charge in [-0.2, -0.15) is 0 Å². The van der Waals surface area contributed by atoms with E-state index in [1.54, 1.807) is 12.1 Å². The fourth-order valence-corrected chi connectivity index (χ4v) is 2.15. The van der Waals surface area contributed by atoms with Gasteiger partial charge in [-0.25, -0.2) is 4.39 Å². The third kappa shape index (κ3) is 3.27. The highest BCUT2D eigenvalue weighted by molar-refractivity contribution is 9.10. The van der Waals surface area contributed by atoms with Crippen molar-refractivity contribution in [2.24, 2.45) is 5.84 Å². The monoisotopic (exact) mass is 357 g/mol. The number of amides is 1. The predicted octanol–water partition coefficient (Wildman–Crippen LogP) is 3.78. The number of nitrogens with two attached hydrogens (primary N) is 1. The molecule has 0 radical (unpaired) electrons. The van der Waals surface area contributed by atoms with E-state index >= 15 is 0 Å². The summed E-state index contributed by atoms with van der Waals surface area (Å²) in [6, 6.07) is 8.87. The number of hydrogen-bond acceptors (Lipinski definition) is 3. The molecule has 2 aromatic rings. The first-order valence-corrected chi connectivity index (χ1v) is 6.71. The van der Waals surface area contributed by atoms with Gasteiger partial charge in [0.2, 0.25) is 0 Å². The van der Waals surface area contributed by atoms with Crippen molar-refractivity contribution in [1.82, 2.24) is 0 Å². The van der Waals surface area contributed by atoms with E-state index in [0.29, 0.717) is 22.0 Å². The Labute approximate surface area is 128 Å². The van der Waals surface area contributed by atoms with Gasteiger partial charge in [-0.1, -0.05) is 11.6 Å². The van der Waals surface area contributed by atoms with Crippen molar-refractivity contribution in [3.05, 3.63) is 57.3 Å². The zero-order chi connectivity index (χ0) is 14.7. The summed E-state index contributed by atoms with van der Waals surface area (Å²) in [5, 5.41) is 3.05. The molecule has 4 nitrogen and oxygen atoms in total. The van der Waals surface area contributed by atoms with E-state index in [9.17, 15) is 9.18 Å². The minimum absolute atomic E-state index is 0.263. The van der Waals surface area contributed by atoms with Crippen molar-refractivity contribution in [1.29, 1.82) is 0 Å². The van der Waals surface area contributed by atoms with Gasteiger partial charge >= 0.3 is 0 Å². The first-order chi connectivity index (χ1) is 9.51. The first kappa shape index (κ1) is 14.8. The molecule has 0 fully saturated rings. The highest BCUT2D eigenvalue weighted by Gasteiger charge is 2.12. The highest BCUT2D eigenvalue weighted by atomic mass is 79.9. The second-order valence-electron chi connectivity index (χ2n) is 3.92. The summed E-state index contributed by atoms with van der Waals surface area (Å²) < 4.78 is 13.4. The molecule has 0 unspecified atom stereocenters. The molecule has 0 bridgehead atoms. The van der Waals surface area contributed by atoms with E-state index in [-0.39, 0.29) is 4.47 Å². The normalized spacial score (nSPS) is 10.2. The van der Waals surface area contributed by atoms with Gasteiger partial charge in [-0.05, 0) is 52.3 Å². The Balaban J connectivity index is 2.27. The minimum atomic E-state index is -0.407. The van der Waals surface area contributed by atoms with Crippen LogP contribution in [0.3, 0.4) is 0 Å². The van der Waals surface area contributed by atoms with Crippen LogP contribution >= 0.6 is 27.5 Å². The summed E-state index contributed by atoms with van der Waals surface area (Å²) in [4.78, 5) is 12.2. The topological polar surface area (TPSA) is 67.1 Å². The van der Waals surface area contributed by atoms with Crippen molar-refractivity contribution < 1.29 is 9.18 Å². The average Bonchev–Trinajstić information content (AvgIpc) is 2.43. The van der Waals surface area contributed by atoms with E-state index in [2.05, 4.69) is 26.7 Å². The molecule has 0 spiro atoms. The molecule has 2 aromatic carbocycles. The van der Waals surface area contributed by atoms with Gasteiger partial charge in [0.25, 0.3) is 5.91 Å². The van der Waals surface area contributed by atoms with E-state index in [0.717, 1.165) is 0 Å². The highest BCUT2D eigenvalue weighted by Crippen LogP contribution is 2.23. The van der Waals surface area contributed by atoms with Crippen molar-refractivity contribution >= 4 is 44.8 Å². The lowest BCUT2D eigenvalue weighted by Gasteiger charge is -2.10. The summed E-state index contributed by atoms with van der Waals surface area (Å²) in [6.45, 7) is 0. The molecule has 0 atom stereocenters. The molecule has 2 rings (SSSR count). The van der Waals surface area contributed by atoms with Crippen molar-refractivity contribution in [3.63, 3.8) is 0 Å². The Hall–Kier alpha value is -1.63. The molecule has 20 heavy (non-hydrogen) atoms. The third-order valence-electron chi connectivity index (χ3n) is 2.56. The molecule has 104 valence electrons. The van der Waals surface area contributed by atoms with Crippen LogP contribution in [0.15, 0.2) is 40.9 Å². The van der Waals surface area contributed by atoms with Crippen LogP contribution in [-0.4, -0.2) is 5.91 Å². The molecule has 0 heterocycles.